The van der Waals surface area contributed by atoms with Crippen LogP contribution in [0.5, 0.6) is 0 Å². The fourth-order valence-electron chi connectivity index (χ4n) is 2.19. The summed E-state index contributed by atoms with van der Waals surface area (Å²) in [5.41, 5.74) is 1.80. The standard InChI is InChI=1S/C16H19Cl2NO/c1-4-19-11(3)8-12-5-6-16(20-12)13-9-14(17)10(2)7-15(13)18/h5-7,9,11,19H,4,8H2,1-3H3. The molecule has 1 atom stereocenters. The Bertz CT molecular complexity index is 592. The van der Waals surface area contributed by atoms with E-state index in [9.17, 15) is 0 Å². The van der Waals surface area contributed by atoms with E-state index in [4.69, 9.17) is 27.6 Å². The smallest absolute Gasteiger partial charge is 0.135 e. The maximum absolute atomic E-state index is 6.27. The molecule has 0 fully saturated rings. The molecule has 0 bridgehead atoms. The minimum Gasteiger partial charge on any atom is -0.461 e. The highest BCUT2D eigenvalue weighted by Gasteiger charge is 2.12. The van der Waals surface area contributed by atoms with Gasteiger partial charge in [0, 0.05) is 23.0 Å². The molecule has 2 aromatic rings. The fourth-order valence-corrected chi connectivity index (χ4v) is 2.66. The van der Waals surface area contributed by atoms with Gasteiger partial charge < -0.3 is 9.73 Å². The van der Waals surface area contributed by atoms with Gasteiger partial charge in [-0.3, -0.25) is 0 Å². The lowest BCUT2D eigenvalue weighted by atomic mass is 10.1. The molecule has 1 aromatic heterocycles. The van der Waals surface area contributed by atoms with Crippen molar-refractivity contribution in [2.75, 3.05) is 6.54 Å². The summed E-state index contributed by atoms with van der Waals surface area (Å²) in [7, 11) is 0. The van der Waals surface area contributed by atoms with Crippen molar-refractivity contribution in [3.8, 4) is 11.3 Å². The molecular formula is C16H19Cl2NO. The molecule has 1 unspecified atom stereocenters. The molecule has 0 saturated carbocycles. The first-order valence-corrected chi connectivity index (χ1v) is 7.55. The monoisotopic (exact) mass is 311 g/mol. The normalized spacial score (nSPS) is 12.7. The van der Waals surface area contributed by atoms with Crippen LogP contribution in [0.4, 0.5) is 0 Å². The Morgan fingerprint density at radius 2 is 1.95 bits per heavy atom. The van der Waals surface area contributed by atoms with E-state index in [-0.39, 0.29) is 0 Å². The third kappa shape index (κ3) is 3.57. The molecule has 20 heavy (non-hydrogen) atoms. The number of hydrogen-bond donors (Lipinski definition) is 1. The SMILES string of the molecule is CCNC(C)Cc1ccc(-c2cc(Cl)c(C)cc2Cl)o1. The van der Waals surface area contributed by atoms with Gasteiger partial charge >= 0.3 is 0 Å². The summed E-state index contributed by atoms with van der Waals surface area (Å²) in [5, 5.41) is 4.72. The number of aryl methyl sites for hydroxylation is 1. The molecule has 0 radical (unpaired) electrons. The Hall–Kier alpha value is -0.960. The van der Waals surface area contributed by atoms with E-state index in [0.29, 0.717) is 16.1 Å². The average molecular weight is 312 g/mol. The molecule has 108 valence electrons. The summed E-state index contributed by atoms with van der Waals surface area (Å²) in [6.45, 7) is 7.12. The second kappa shape index (κ2) is 6.66. The zero-order valence-corrected chi connectivity index (χ0v) is 13.5. The van der Waals surface area contributed by atoms with E-state index < -0.39 is 0 Å². The van der Waals surface area contributed by atoms with Crippen LogP contribution in [0.15, 0.2) is 28.7 Å². The van der Waals surface area contributed by atoms with Crippen LogP contribution in [0.1, 0.15) is 25.2 Å². The molecule has 0 aliphatic carbocycles. The van der Waals surface area contributed by atoms with E-state index in [2.05, 4.69) is 19.2 Å². The molecule has 1 heterocycles. The second-order valence-corrected chi connectivity index (χ2v) is 5.82. The number of halogens is 2. The van der Waals surface area contributed by atoms with Crippen molar-refractivity contribution in [3.05, 3.63) is 45.6 Å². The van der Waals surface area contributed by atoms with Crippen molar-refractivity contribution in [1.29, 1.82) is 0 Å². The highest BCUT2D eigenvalue weighted by molar-refractivity contribution is 6.35. The van der Waals surface area contributed by atoms with Crippen molar-refractivity contribution < 1.29 is 4.42 Å². The highest BCUT2D eigenvalue weighted by atomic mass is 35.5. The number of nitrogens with one attached hydrogen (secondary N) is 1. The maximum atomic E-state index is 6.27. The molecule has 0 spiro atoms. The van der Waals surface area contributed by atoms with E-state index in [1.54, 1.807) is 0 Å². The zero-order chi connectivity index (χ0) is 14.7. The lowest BCUT2D eigenvalue weighted by Gasteiger charge is -2.10. The highest BCUT2D eigenvalue weighted by Crippen LogP contribution is 2.33. The topological polar surface area (TPSA) is 25.2 Å². The molecular weight excluding hydrogens is 293 g/mol. The Kier molecular flexibility index (Phi) is 5.14. The number of rotatable bonds is 5. The summed E-state index contributed by atoms with van der Waals surface area (Å²) in [6.07, 6.45) is 0.852. The van der Waals surface area contributed by atoms with Gasteiger partial charge in [0.1, 0.15) is 11.5 Å². The van der Waals surface area contributed by atoms with Gasteiger partial charge in [-0.1, -0.05) is 30.1 Å². The Morgan fingerprint density at radius 1 is 1.20 bits per heavy atom. The van der Waals surface area contributed by atoms with Gasteiger partial charge in [0.25, 0.3) is 0 Å². The minimum absolute atomic E-state index is 0.385. The molecule has 4 heteroatoms. The van der Waals surface area contributed by atoms with Crippen LogP contribution in [0, 0.1) is 6.92 Å². The third-order valence-corrected chi connectivity index (χ3v) is 3.96. The van der Waals surface area contributed by atoms with Crippen LogP contribution in [0.25, 0.3) is 11.3 Å². The molecule has 0 saturated heterocycles. The second-order valence-electron chi connectivity index (χ2n) is 5.01. The van der Waals surface area contributed by atoms with Gasteiger partial charge in [0.2, 0.25) is 0 Å². The van der Waals surface area contributed by atoms with Crippen LogP contribution >= 0.6 is 23.2 Å². The van der Waals surface area contributed by atoms with E-state index in [0.717, 1.165) is 35.6 Å². The summed E-state index contributed by atoms with van der Waals surface area (Å²) in [6, 6.07) is 8.04. The summed E-state index contributed by atoms with van der Waals surface area (Å²) < 4.78 is 5.88. The van der Waals surface area contributed by atoms with Crippen molar-refractivity contribution >= 4 is 23.2 Å². The predicted molar refractivity (Wildman–Crippen MR) is 85.7 cm³/mol. The van der Waals surface area contributed by atoms with Crippen LogP contribution in [0.3, 0.4) is 0 Å². The molecule has 2 nitrogen and oxygen atoms in total. The fraction of sp³-hybridized carbons (Fsp3) is 0.375. The molecule has 1 N–H and O–H groups in total. The number of benzene rings is 1. The number of hydrogen-bond acceptors (Lipinski definition) is 2. The minimum atomic E-state index is 0.385. The molecule has 1 aromatic carbocycles. The Morgan fingerprint density at radius 3 is 2.65 bits per heavy atom. The van der Waals surface area contributed by atoms with E-state index in [1.807, 2.05) is 31.2 Å². The van der Waals surface area contributed by atoms with Gasteiger partial charge in [-0.15, -0.1) is 0 Å². The average Bonchev–Trinajstić information content (AvgIpc) is 2.82. The third-order valence-electron chi connectivity index (χ3n) is 3.24. The summed E-state index contributed by atoms with van der Waals surface area (Å²) >= 11 is 12.4. The van der Waals surface area contributed by atoms with Crippen LogP contribution in [0.2, 0.25) is 10.0 Å². The van der Waals surface area contributed by atoms with Crippen molar-refractivity contribution in [1.82, 2.24) is 5.32 Å². The largest absolute Gasteiger partial charge is 0.461 e. The van der Waals surface area contributed by atoms with Gasteiger partial charge in [-0.2, -0.15) is 0 Å². The van der Waals surface area contributed by atoms with E-state index >= 15 is 0 Å². The Balaban J connectivity index is 2.22. The van der Waals surface area contributed by atoms with Crippen LogP contribution in [-0.2, 0) is 6.42 Å². The Labute approximate surface area is 130 Å². The van der Waals surface area contributed by atoms with Crippen LogP contribution in [-0.4, -0.2) is 12.6 Å². The predicted octanol–water partition coefficient (Wildman–Crippen LogP) is 5.10. The lowest BCUT2D eigenvalue weighted by molar-refractivity contribution is 0.470. The van der Waals surface area contributed by atoms with Crippen LogP contribution < -0.4 is 5.32 Å². The number of furan rings is 1. The first kappa shape index (κ1) is 15.4. The molecule has 0 aliphatic heterocycles. The summed E-state index contributed by atoms with van der Waals surface area (Å²) in [5.74, 6) is 1.71. The molecule has 0 aliphatic rings. The zero-order valence-electron chi connectivity index (χ0n) is 12.0. The molecule has 2 rings (SSSR count). The summed E-state index contributed by atoms with van der Waals surface area (Å²) in [4.78, 5) is 0. The van der Waals surface area contributed by atoms with Gasteiger partial charge in [-0.25, -0.2) is 0 Å². The lowest BCUT2D eigenvalue weighted by Crippen LogP contribution is -2.27. The van der Waals surface area contributed by atoms with Gasteiger partial charge in [0.15, 0.2) is 0 Å². The van der Waals surface area contributed by atoms with Gasteiger partial charge in [0.05, 0.1) is 5.02 Å². The van der Waals surface area contributed by atoms with Gasteiger partial charge in [-0.05, 0) is 50.2 Å². The van der Waals surface area contributed by atoms with E-state index in [1.165, 1.54) is 0 Å². The van der Waals surface area contributed by atoms with Crippen molar-refractivity contribution in [2.24, 2.45) is 0 Å². The van der Waals surface area contributed by atoms with Crippen molar-refractivity contribution in [2.45, 2.75) is 33.2 Å². The molecule has 0 amide bonds. The number of likely N-dealkylation sites (N-methyl/N-ethyl adjacent to an activating group) is 1. The maximum Gasteiger partial charge on any atom is 0.135 e. The van der Waals surface area contributed by atoms with Crippen molar-refractivity contribution in [3.63, 3.8) is 0 Å². The quantitative estimate of drug-likeness (QED) is 0.830. The first-order valence-electron chi connectivity index (χ1n) is 6.79. The first-order chi connectivity index (χ1) is 9.51.